The minimum Gasteiger partial charge on any atom is -1.00 e. The van der Waals surface area contributed by atoms with Crippen LogP contribution in [0.2, 0.25) is 0 Å². The third kappa shape index (κ3) is 4.89. The number of aliphatic hydroxyl groups excluding tert-OH is 1. The number of thioether (sulfide) groups is 1. The van der Waals surface area contributed by atoms with Gasteiger partial charge in [0.05, 0.1) is 27.9 Å². The second-order valence-electron chi connectivity index (χ2n) is 9.39. The lowest BCUT2D eigenvalue weighted by Crippen LogP contribution is -3.00. The Morgan fingerprint density at radius 1 is 1.38 bits per heavy atom. The summed E-state index contributed by atoms with van der Waals surface area (Å²) in [6, 6.07) is 5.43. The number of imidazole rings is 1. The Labute approximate surface area is 250 Å². The number of amides is 1. The lowest BCUT2D eigenvalue weighted by atomic mass is 9.77. The summed E-state index contributed by atoms with van der Waals surface area (Å²) in [6.07, 6.45) is 6.93. The van der Waals surface area contributed by atoms with Crippen LogP contribution in [0.25, 0.3) is 10.4 Å². The molecule has 5 rings (SSSR count). The number of allylic oxidation sites excluding steroid dienone is 1. The van der Waals surface area contributed by atoms with Gasteiger partial charge in [0, 0.05) is 23.6 Å². The second-order valence-corrected chi connectivity index (χ2v) is 11.2. The zero-order chi connectivity index (χ0) is 27.3. The van der Waals surface area contributed by atoms with Gasteiger partial charge in [0.15, 0.2) is 0 Å². The number of β-lactam (4-membered cyclic amide) rings is 1. The first-order chi connectivity index (χ1) is 18.2. The van der Waals surface area contributed by atoms with Crippen LogP contribution >= 0.6 is 23.1 Å². The molecule has 0 spiro atoms. The van der Waals surface area contributed by atoms with E-state index in [9.17, 15) is 24.8 Å². The van der Waals surface area contributed by atoms with E-state index in [1.54, 1.807) is 18.7 Å². The molecule has 39 heavy (non-hydrogen) atoms. The Kier molecular flexibility index (Phi) is 8.54. The fraction of sp³-hybridized carbons (Fsp3) is 0.346. The lowest BCUT2D eigenvalue weighted by molar-refractivity contribution is -0.720. The number of hydrogen-bond acceptors (Lipinski definition) is 8. The fourth-order valence-corrected chi connectivity index (χ4v) is 7.53. The number of thiazole rings is 1. The summed E-state index contributed by atoms with van der Waals surface area (Å²) in [5, 5.41) is 22.3. The Hall–Kier alpha value is -2.75. The molecule has 206 valence electrons. The SMILES string of the molecule is C=CC[n+]1cn2cc(C3=C(C(=O)OCc4ccc([N+](=O)[O-])cc4)N4C(=O)[C@H]([C@@H](C)O)[C@H]4[C@H]3C)sc2c1SC.[I-]. The number of nitrogens with zero attached hydrogens (tertiary/aromatic N) is 4. The van der Waals surface area contributed by atoms with Crippen molar-refractivity contribution in [3.8, 4) is 0 Å². The van der Waals surface area contributed by atoms with Crippen molar-refractivity contribution in [3.63, 3.8) is 0 Å². The van der Waals surface area contributed by atoms with Gasteiger partial charge in [-0.05, 0) is 30.9 Å². The van der Waals surface area contributed by atoms with E-state index in [-0.39, 0.29) is 59.8 Å². The van der Waals surface area contributed by atoms with Gasteiger partial charge in [-0.2, -0.15) is 4.40 Å². The molecule has 13 heteroatoms. The number of halogens is 1. The van der Waals surface area contributed by atoms with E-state index >= 15 is 0 Å². The zero-order valence-electron chi connectivity index (χ0n) is 21.4. The molecule has 0 radical (unpaired) electrons. The van der Waals surface area contributed by atoms with Crippen molar-refractivity contribution in [2.45, 2.75) is 44.2 Å². The molecule has 4 atom stereocenters. The number of rotatable bonds is 9. The van der Waals surface area contributed by atoms with Crippen molar-refractivity contribution in [2.75, 3.05) is 6.26 Å². The smallest absolute Gasteiger partial charge is 0.355 e. The molecular weight excluding hydrogens is 655 g/mol. The van der Waals surface area contributed by atoms with E-state index in [1.807, 2.05) is 36.2 Å². The molecule has 1 fully saturated rings. The molecule has 0 aliphatic carbocycles. The van der Waals surface area contributed by atoms with Crippen molar-refractivity contribution in [2.24, 2.45) is 11.8 Å². The third-order valence-corrected chi connectivity index (χ3v) is 9.16. The van der Waals surface area contributed by atoms with Crippen molar-refractivity contribution >= 4 is 51.1 Å². The number of aliphatic hydroxyl groups is 1. The predicted molar refractivity (Wildman–Crippen MR) is 142 cm³/mol. The summed E-state index contributed by atoms with van der Waals surface area (Å²) in [4.78, 5) is 40.3. The van der Waals surface area contributed by atoms with Gasteiger partial charge in [0.2, 0.25) is 15.8 Å². The van der Waals surface area contributed by atoms with Crippen LogP contribution < -0.4 is 28.5 Å². The molecule has 2 aromatic heterocycles. The molecule has 1 N–H and O–H groups in total. The van der Waals surface area contributed by atoms with E-state index < -0.39 is 22.9 Å². The van der Waals surface area contributed by atoms with Crippen LogP contribution in [0.3, 0.4) is 0 Å². The van der Waals surface area contributed by atoms with Crippen molar-refractivity contribution in [1.29, 1.82) is 0 Å². The average Bonchev–Trinajstić information content (AvgIpc) is 3.49. The first-order valence-electron chi connectivity index (χ1n) is 12.0. The summed E-state index contributed by atoms with van der Waals surface area (Å²) >= 11 is 3.16. The van der Waals surface area contributed by atoms with Gasteiger partial charge < -0.3 is 38.7 Å². The monoisotopic (exact) mass is 682 g/mol. The highest BCUT2D eigenvalue weighted by Gasteiger charge is 2.60. The number of esters is 1. The minimum atomic E-state index is -0.845. The summed E-state index contributed by atoms with van der Waals surface area (Å²) in [5.41, 5.74) is 1.45. The second kappa shape index (κ2) is 11.4. The van der Waals surface area contributed by atoms with E-state index in [4.69, 9.17) is 4.74 Å². The number of nitro groups is 1. The molecular formula is C26H27IN4O6S2. The number of carbonyl (C=O) groups excluding carboxylic acids is 2. The van der Waals surface area contributed by atoms with Crippen LogP contribution in [-0.2, 0) is 27.5 Å². The average molecular weight is 683 g/mol. The van der Waals surface area contributed by atoms with Gasteiger partial charge in [0.1, 0.15) is 25.0 Å². The topological polar surface area (TPSA) is 118 Å². The molecule has 0 saturated carbocycles. The third-order valence-electron chi connectivity index (χ3n) is 7.07. The predicted octanol–water partition coefficient (Wildman–Crippen LogP) is 0.420. The van der Waals surface area contributed by atoms with E-state index in [0.717, 1.165) is 20.3 Å². The lowest BCUT2D eigenvalue weighted by Gasteiger charge is -2.46. The quantitative estimate of drug-likeness (QED) is 0.0509. The van der Waals surface area contributed by atoms with E-state index in [2.05, 4.69) is 11.1 Å². The van der Waals surface area contributed by atoms with Crippen molar-refractivity contribution < 1.29 is 52.9 Å². The standard InChI is InChI=1S/C26H27N4O6S2.HI/c1-5-10-27-13-28-11-18(38-25(28)24(27)37-4)19-14(2)21-20(15(3)31)23(32)29(21)22(19)26(33)36-12-16-6-8-17(9-7-16)30(34)35;/h5-9,11,13-15,20-21,31H,1,10,12H2,2-4H3;1H/q+1;/p-1/t14-,15+,20+,21+;/m0./s1. The zero-order valence-corrected chi connectivity index (χ0v) is 25.2. The van der Waals surface area contributed by atoms with Gasteiger partial charge >= 0.3 is 5.97 Å². The largest absolute Gasteiger partial charge is 1.00 e. The highest BCUT2D eigenvalue weighted by molar-refractivity contribution is 7.98. The molecule has 0 unspecified atom stereocenters. The van der Waals surface area contributed by atoms with Crippen molar-refractivity contribution in [1.82, 2.24) is 9.30 Å². The Balaban J connectivity index is 0.00000353. The molecule has 1 amide bonds. The summed E-state index contributed by atoms with van der Waals surface area (Å²) < 4.78 is 9.72. The number of hydrogen-bond donors (Lipinski definition) is 1. The van der Waals surface area contributed by atoms with Gasteiger partial charge in [-0.15, -0.1) is 0 Å². The molecule has 10 nitrogen and oxygen atoms in total. The molecule has 2 aliphatic rings. The Morgan fingerprint density at radius 2 is 2.08 bits per heavy atom. The first-order valence-corrected chi connectivity index (χ1v) is 14.1. The number of benzene rings is 1. The maximum Gasteiger partial charge on any atom is 0.355 e. The van der Waals surface area contributed by atoms with Gasteiger partial charge in [0.25, 0.3) is 12.0 Å². The van der Waals surface area contributed by atoms with Gasteiger partial charge in [-0.25, -0.2) is 9.36 Å². The molecule has 1 saturated heterocycles. The fourth-order valence-electron chi connectivity index (χ4n) is 5.35. The number of non-ortho nitro benzene ring substituents is 1. The molecule has 1 aromatic carbocycles. The summed E-state index contributed by atoms with van der Waals surface area (Å²) in [6.45, 7) is 7.95. The van der Waals surface area contributed by atoms with Crippen LogP contribution in [0, 0.1) is 22.0 Å². The van der Waals surface area contributed by atoms with Gasteiger partial charge in [-0.3, -0.25) is 14.9 Å². The van der Waals surface area contributed by atoms with Crippen LogP contribution in [0.15, 0.2) is 60.2 Å². The molecule has 3 aromatic rings. The minimum absolute atomic E-state index is 0. The summed E-state index contributed by atoms with van der Waals surface area (Å²) in [5.74, 6) is -1.74. The number of aromatic nitrogens is 2. The Bertz CT molecular complexity index is 1500. The molecule has 4 heterocycles. The maximum atomic E-state index is 13.5. The first kappa shape index (κ1) is 29.2. The van der Waals surface area contributed by atoms with Crippen molar-refractivity contribution in [3.05, 3.63) is 75.7 Å². The van der Waals surface area contributed by atoms with Crippen LogP contribution in [-0.4, -0.2) is 49.6 Å². The van der Waals surface area contributed by atoms with Crippen LogP contribution in [0.4, 0.5) is 5.69 Å². The normalized spacial score (nSPS) is 20.9. The van der Waals surface area contributed by atoms with Crippen LogP contribution in [0.1, 0.15) is 24.3 Å². The van der Waals surface area contributed by atoms with Crippen LogP contribution in [0.5, 0.6) is 0 Å². The van der Waals surface area contributed by atoms with Gasteiger partial charge in [-0.1, -0.05) is 42.7 Å². The Morgan fingerprint density at radius 3 is 2.67 bits per heavy atom. The van der Waals surface area contributed by atoms with E-state index in [1.165, 1.54) is 40.5 Å². The molecule has 0 bridgehead atoms. The number of nitro benzene ring substituents is 1. The number of ether oxygens (including phenoxy) is 1. The van der Waals surface area contributed by atoms with E-state index in [0.29, 0.717) is 12.1 Å². The number of fused-ring (bicyclic) bond motifs is 2. The highest BCUT2D eigenvalue weighted by Crippen LogP contribution is 2.52. The molecule has 2 aliphatic heterocycles. The summed E-state index contributed by atoms with van der Waals surface area (Å²) in [7, 11) is 0. The number of carbonyl (C=O) groups is 2. The highest BCUT2D eigenvalue weighted by atomic mass is 127. The maximum absolute atomic E-state index is 13.5.